The predicted octanol–water partition coefficient (Wildman–Crippen LogP) is 16.7. The Balaban J connectivity index is 0.00000239. The third-order valence-electron chi connectivity index (χ3n) is 12.1. The number of hydrogen-bond donors (Lipinski definition) is 0. The summed E-state index contributed by atoms with van der Waals surface area (Å²) in [5, 5.41) is 30.4. The number of furan rings is 2. The highest BCUT2D eigenvalue weighted by molar-refractivity contribution is 6.28. The molecule has 0 N–H and O–H groups in total. The number of hydrogen-bond acceptors (Lipinski definition) is 6. The van der Waals surface area contributed by atoms with Crippen molar-refractivity contribution >= 4 is 105 Å². The van der Waals surface area contributed by atoms with E-state index in [2.05, 4.69) is 152 Å². The summed E-state index contributed by atoms with van der Waals surface area (Å²) < 4.78 is 13.4. The zero-order chi connectivity index (χ0) is 44.1. The van der Waals surface area contributed by atoms with Gasteiger partial charge in [-0.2, -0.15) is 10.5 Å². The van der Waals surface area contributed by atoms with E-state index in [9.17, 15) is 10.5 Å². The van der Waals surface area contributed by atoms with Crippen molar-refractivity contribution in [3.05, 3.63) is 199 Å². The van der Waals surface area contributed by atoms with Gasteiger partial charge in [0.15, 0.2) is 11.2 Å². The third kappa shape index (κ3) is 6.24. The van der Waals surface area contributed by atoms with E-state index in [1.807, 2.05) is 62.4 Å². The van der Waals surface area contributed by atoms with Gasteiger partial charge in [-0.25, -0.2) is 0 Å². The van der Waals surface area contributed by atoms with E-state index in [1.54, 1.807) is 12.2 Å². The van der Waals surface area contributed by atoms with Gasteiger partial charge in [0.25, 0.3) is 0 Å². The molecule has 0 aliphatic carbocycles. The van der Waals surface area contributed by atoms with Crippen LogP contribution >= 0.6 is 0 Å². The quantitative estimate of drug-likeness (QED) is 0.0862. The van der Waals surface area contributed by atoms with Crippen molar-refractivity contribution < 1.29 is 8.83 Å². The van der Waals surface area contributed by atoms with Crippen LogP contribution in [-0.2, 0) is 0 Å². The van der Waals surface area contributed by atoms with Gasteiger partial charge in [-0.05, 0) is 108 Å². The second-order valence-corrected chi connectivity index (χ2v) is 15.6. The summed E-state index contributed by atoms with van der Waals surface area (Å²) in [5.41, 5.74) is 10.9. The van der Waals surface area contributed by atoms with Crippen molar-refractivity contribution in [3.63, 3.8) is 0 Å². The smallest absolute Gasteiger partial charge is 0.159 e. The molecule has 6 heteroatoms. The average Bonchev–Trinajstić information content (AvgIpc) is 3.93. The van der Waals surface area contributed by atoms with Crippen molar-refractivity contribution in [1.29, 1.82) is 10.5 Å². The largest absolute Gasteiger partial charge is 0.454 e. The first kappa shape index (κ1) is 39.5. The SMILES string of the molecule is C=C/C(C#N)=C\C=C(/C)N(c1ccc2ccc3c(N(c4ccc(C#N)cc4)c4cccc5c4oc4ccccc45)ccc4ccc1c2c43)c1cccc2c1oc1c(C)cccc12.CC. The van der Waals surface area contributed by atoms with Gasteiger partial charge in [0.2, 0.25) is 0 Å². The van der Waals surface area contributed by atoms with E-state index in [1.165, 1.54) is 0 Å². The van der Waals surface area contributed by atoms with Gasteiger partial charge in [-0.1, -0.05) is 124 Å². The molecule has 2 heterocycles. The van der Waals surface area contributed by atoms with Crippen molar-refractivity contribution in [2.75, 3.05) is 9.80 Å². The van der Waals surface area contributed by atoms with Gasteiger partial charge in [0.1, 0.15) is 11.2 Å². The number of allylic oxidation sites excluding steroid dienone is 5. The maximum absolute atomic E-state index is 9.80. The molecule has 0 aliphatic heterocycles. The number of rotatable bonds is 8. The number of nitrogens with zero attached hydrogens (tertiary/aromatic N) is 4. The molecule has 11 rings (SSSR count). The number of nitriles is 2. The Morgan fingerprint density at radius 1 is 0.547 bits per heavy atom. The van der Waals surface area contributed by atoms with Crippen LogP contribution in [0.3, 0.4) is 0 Å². The second-order valence-electron chi connectivity index (χ2n) is 15.6. The average molecular weight is 827 g/mol. The predicted molar refractivity (Wildman–Crippen MR) is 266 cm³/mol. The standard InChI is InChI=1S/C56H36N4O2.C2H6/c1-4-36(32-57)19-18-35(3)59(49-15-9-14-44-43-12-7-10-34(2)54(43)62-56(44)49)47-30-24-38-23-29-46-48(31-25-39-22-28-45(47)52(38)53(39)46)60(40-26-20-37(33-58)21-27-40)50-16-8-13-42-41-11-5-6-17-51(41)61-55(42)50;1-2/h4-31H,1H2,2-3H3;1-2H3/b35-18+,36-19+;. The molecule has 306 valence electrons. The third-order valence-corrected chi connectivity index (χ3v) is 12.1. The molecule has 0 fully saturated rings. The molecule has 0 aliphatic rings. The van der Waals surface area contributed by atoms with Crippen molar-refractivity contribution in [1.82, 2.24) is 0 Å². The fraction of sp³-hybridized carbons (Fsp3) is 0.0690. The Kier molecular flexibility index (Phi) is 9.91. The lowest BCUT2D eigenvalue weighted by atomic mass is 9.91. The van der Waals surface area contributed by atoms with Crippen LogP contribution < -0.4 is 9.80 Å². The molecule has 64 heavy (non-hydrogen) atoms. The first-order valence-corrected chi connectivity index (χ1v) is 21.5. The molecule has 0 unspecified atom stereocenters. The molecular formula is C58H42N4O2. The normalized spacial score (nSPS) is 12.0. The number of anilines is 5. The molecule has 0 radical (unpaired) electrons. The highest BCUT2D eigenvalue weighted by atomic mass is 16.3. The van der Waals surface area contributed by atoms with E-state index < -0.39 is 0 Å². The zero-order valence-electron chi connectivity index (χ0n) is 36.0. The van der Waals surface area contributed by atoms with Crippen LogP contribution in [0.15, 0.2) is 197 Å². The van der Waals surface area contributed by atoms with Crippen molar-refractivity contribution in [3.8, 4) is 12.1 Å². The Bertz CT molecular complexity index is 3780. The molecule has 0 atom stereocenters. The monoisotopic (exact) mass is 826 g/mol. The first-order chi connectivity index (χ1) is 31.4. The minimum absolute atomic E-state index is 0.468. The van der Waals surface area contributed by atoms with E-state index in [-0.39, 0.29) is 0 Å². The van der Waals surface area contributed by atoms with Crippen LogP contribution in [0.25, 0.3) is 76.2 Å². The Morgan fingerprint density at radius 2 is 1.12 bits per heavy atom. The fourth-order valence-corrected chi connectivity index (χ4v) is 9.23. The molecule has 0 saturated carbocycles. The van der Waals surface area contributed by atoms with Crippen LogP contribution in [0.1, 0.15) is 31.9 Å². The molecule has 0 saturated heterocycles. The molecule has 0 amide bonds. The molecule has 0 bridgehead atoms. The molecule has 9 aromatic carbocycles. The lowest BCUT2D eigenvalue weighted by Gasteiger charge is -2.29. The van der Waals surface area contributed by atoms with E-state index in [0.29, 0.717) is 11.1 Å². The van der Waals surface area contributed by atoms with Crippen molar-refractivity contribution in [2.24, 2.45) is 0 Å². The van der Waals surface area contributed by atoms with Crippen LogP contribution in [0.4, 0.5) is 28.4 Å². The zero-order valence-corrected chi connectivity index (χ0v) is 36.0. The van der Waals surface area contributed by atoms with Gasteiger partial charge in [-0.15, -0.1) is 0 Å². The fourth-order valence-electron chi connectivity index (χ4n) is 9.23. The minimum atomic E-state index is 0.468. The lowest BCUT2D eigenvalue weighted by Crippen LogP contribution is -2.15. The topological polar surface area (TPSA) is 80.3 Å². The second kappa shape index (κ2) is 16.0. The number of para-hydroxylation sites is 4. The molecule has 0 spiro atoms. The highest BCUT2D eigenvalue weighted by Gasteiger charge is 2.25. The minimum Gasteiger partial charge on any atom is -0.454 e. The summed E-state index contributed by atoms with van der Waals surface area (Å²) in [7, 11) is 0. The van der Waals surface area contributed by atoms with Gasteiger partial charge in [0.05, 0.1) is 46.0 Å². The summed E-state index contributed by atoms with van der Waals surface area (Å²) in [5.74, 6) is 0. The van der Waals surface area contributed by atoms with Crippen molar-refractivity contribution in [2.45, 2.75) is 27.7 Å². The molecular weight excluding hydrogens is 785 g/mol. The molecule has 6 nitrogen and oxygen atoms in total. The Morgan fingerprint density at radius 3 is 1.81 bits per heavy atom. The Labute approximate surface area is 371 Å². The lowest BCUT2D eigenvalue weighted by molar-refractivity contribution is 0.665. The Hall–Kier alpha value is -8.58. The van der Waals surface area contributed by atoms with Crippen LogP contribution in [0.2, 0.25) is 0 Å². The van der Waals surface area contributed by atoms with E-state index >= 15 is 0 Å². The molecule has 11 aromatic rings. The van der Waals surface area contributed by atoms with Crippen LogP contribution in [-0.4, -0.2) is 0 Å². The summed E-state index contributed by atoms with van der Waals surface area (Å²) in [6.45, 7) is 12.0. The summed E-state index contributed by atoms with van der Waals surface area (Å²) in [6, 6.07) is 56.8. The van der Waals surface area contributed by atoms with Crippen LogP contribution in [0.5, 0.6) is 0 Å². The van der Waals surface area contributed by atoms with E-state index in [0.717, 1.165) is 116 Å². The maximum Gasteiger partial charge on any atom is 0.159 e. The van der Waals surface area contributed by atoms with Crippen LogP contribution in [0, 0.1) is 29.6 Å². The highest BCUT2D eigenvalue weighted by Crippen LogP contribution is 2.49. The number of fused-ring (bicyclic) bond motifs is 6. The number of benzene rings is 9. The summed E-state index contributed by atoms with van der Waals surface area (Å²) in [4.78, 5) is 4.49. The van der Waals surface area contributed by atoms with Gasteiger partial charge in [-0.3, -0.25) is 0 Å². The molecule has 2 aromatic heterocycles. The number of aryl methyl sites for hydroxylation is 1. The van der Waals surface area contributed by atoms with Gasteiger partial charge in [0, 0.05) is 43.7 Å². The summed E-state index contributed by atoms with van der Waals surface area (Å²) >= 11 is 0. The van der Waals surface area contributed by atoms with E-state index in [4.69, 9.17) is 8.83 Å². The maximum atomic E-state index is 9.80. The van der Waals surface area contributed by atoms with Gasteiger partial charge < -0.3 is 18.6 Å². The van der Waals surface area contributed by atoms with Gasteiger partial charge >= 0.3 is 0 Å². The first-order valence-electron chi connectivity index (χ1n) is 21.5. The summed E-state index contributed by atoms with van der Waals surface area (Å²) in [6.07, 6.45) is 5.35.